The van der Waals surface area contributed by atoms with Gasteiger partial charge in [0, 0.05) is 4.90 Å². The second-order valence-corrected chi connectivity index (χ2v) is 6.68. The molecule has 1 unspecified atom stereocenters. The zero-order valence-corrected chi connectivity index (χ0v) is 14.1. The summed E-state index contributed by atoms with van der Waals surface area (Å²) in [6.07, 6.45) is 14.0. The lowest BCUT2D eigenvalue weighted by molar-refractivity contribution is 0.534. The Hall–Kier alpha value is -0.670. The van der Waals surface area contributed by atoms with Crippen LogP contribution >= 0.6 is 0 Å². The molecule has 1 atom stereocenters. The van der Waals surface area contributed by atoms with Crippen LogP contribution in [-0.4, -0.2) is 8.76 Å². The summed E-state index contributed by atoms with van der Waals surface area (Å²) in [6.45, 7) is 2.25. The van der Waals surface area contributed by atoms with E-state index < -0.39 is 11.1 Å². The lowest BCUT2D eigenvalue weighted by Crippen LogP contribution is -1.96. The molecule has 0 aromatic heterocycles. The molecule has 0 saturated carbocycles. The average Bonchev–Trinajstić information content (AvgIpc) is 2.49. The van der Waals surface area contributed by atoms with Gasteiger partial charge in [-0.2, -0.15) is 0 Å². The number of hydrogen-bond acceptors (Lipinski definition) is 2. The largest absolute Gasteiger partial charge is 0.768 e. The van der Waals surface area contributed by atoms with Gasteiger partial charge in [-0.25, -0.2) is 0 Å². The maximum atomic E-state index is 11.1. The summed E-state index contributed by atoms with van der Waals surface area (Å²) in [6, 6.07) is 7.32. The van der Waals surface area contributed by atoms with Crippen molar-refractivity contribution in [2.45, 2.75) is 82.4 Å². The van der Waals surface area contributed by atoms with Crippen LogP contribution in [0.25, 0.3) is 0 Å². The molecule has 0 aliphatic heterocycles. The molecule has 0 aliphatic rings. The number of aryl methyl sites for hydroxylation is 1. The Bertz CT molecular complexity index is 404. The van der Waals surface area contributed by atoms with Gasteiger partial charge in [-0.1, -0.05) is 82.9 Å². The first-order chi connectivity index (χ1) is 10.3. The predicted octanol–water partition coefficient (Wildman–Crippen LogP) is 5.39. The Labute approximate surface area is 132 Å². The lowest BCUT2D eigenvalue weighted by atomic mass is 10.0. The van der Waals surface area contributed by atoms with Gasteiger partial charge in [0.25, 0.3) is 0 Å². The van der Waals surface area contributed by atoms with Crippen molar-refractivity contribution < 1.29 is 8.76 Å². The molecule has 0 spiro atoms. The van der Waals surface area contributed by atoms with Crippen LogP contribution in [0.4, 0.5) is 0 Å². The van der Waals surface area contributed by atoms with E-state index in [1.165, 1.54) is 57.8 Å². The minimum Gasteiger partial charge on any atom is -0.768 e. The van der Waals surface area contributed by atoms with Crippen LogP contribution in [0, 0.1) is 0 Å². The van der Waals surface area contributed by atoms with Gasteiger partial charge < -0.3 is 4.55 Å². The lowest BCUT2D eigenvalue weighted by Gasteiger charge is -2.11. The fourth-order valence-corrected chi connectivity index (χ4v) is 3.25. The zero-order chi connectivity index (χ0) is 15.3. The van der Waals surface area contributed by atoms with Crippen LogP contribution in [0.2, 0.25) is 0 Å². The zero-order valence-electron chi connectivity index (χ0n) is 13.3. The molecule has 0 fully saturated rings. The summed E-state index contributed by atoms with van der Waals surface area (Å²) in [4.78, 5) is 0.466. The van der Waals surface area contributed by atoms with E-state index in [1.54, 1.807) is 12.1 Å². The predicted molar refractivity (Wildman–Crippen MR) is 89.2 cm³/mol. The Morgan fingerprint density at radius 1 is 0.857 bits per heavy atom. The smallest absolute Gasteiger partial charge is 0.0280 e. The van der Waals surface area contributed by atoms with Crippen LogP contribution in [-0.2, 0) is 17.5 Å². The van der Waals surface area contributed by atoms with Crippen LogP contribution in [0.3, 0.4) is 0 Å². The van der Waals surface area contributed by atoms with Crippen molar-refractivity contribution >= 4 is 11.1 Å². The Kier molecular flexibility index (Phi) is 10.4. The number of hydrogen-bond donors (Lipinski definition) is 0. The topological polar surface area (TPSA) is 40.1 Å². The first kappa shape index (κ1) is 18.4. The van der Waals surface area contributed by atoms with Gasteiger partial charge in [-0.3, -0.25) is 4.21 Å². The molecule has 0 heterocycles. The molecule has 21 heavy (non-hydrogen) atoms. The molecular formula is C18H29O2S-. The molecule has 1 aromatic carbocycles. The highest BCUT2D eigenvalue weighted by molar-refractivity contribution is 7.79. The molecule has 0 bridgehead atoms. The van der Waals surface area contributed by atoms with Gasteiger partial charge in [0.05, 0.1) is 0 Å². The van der Waals surface area contributed by atoms with Crippen molar-refractivity contribution in [2.24, 2.45) is 0 Å². The van der Waals surface area contributed by atoms with Crippen LogP contribution in [0.5, 0.6) is 0 Å². The first-order valence-corrected chi connectivity index (χ1v) is 9.50. The van der Waals surface area contributed by atoms with Crippen LogP contribution in [0.1, 0.15) is 76.7 Å². The molecule has 2 nitrogen and oxygen atoms in total. The minimum absolute atomic E-state index is 0.466. The highest BCUT2D eigenvalue weighted by atomic mass is 32.2. The van der Waals surface area contributed by atoms with E-state index in [0.29, 0.717) is 4.90 Å². The van der Waals surface area contributed by atoms with E-state index in [1.807, 2.05) is 12.1 Å². The van der Waals surface area contributed by atoms with E-state index in [9.17, 15) is 8.76 Å². The van der Waals surface area contributed by atoms with Gasteiger partial charge in [-0.05, 0) is 35.6 Å². The summed E-state index contributed by atoms with van der Waals surface area (Å²) in [5.74, 6) is 0. The second-order valence-electron chi connectivity index (χ2n) is 5.77. The Balaban J connectivity index is 2.06. The van der Waals surface area contributed by atoms with Gasteiger partial charge in [-0.15, -0.1) is 0 Å². The highest BCUT2D eigenvalue weighted by Gasteiger charge is 2.01. The third-order valence-corrected chi connectivity index (χ3v) is 4.71. The van der Waals surface area contributed by atoms with Crippen molar-refractivity contribution in [2.75, 3.05) is 0 Å². The molecule has 0 radical (unpaired) electrons. The summed E-state index contributed by atoms with van der Waals surface area (Å²) in [5.41, 5.74) is 0.963. The Morgan fingerprint density at radius 2 is 1.38 bits per heavy atom. The molecule has 3 heteroatoms. The normalized spacial score (nSPS) is 12.5. The van der Waals surface area contributed by atoms with E-state index in [2.05, 4.69) is 6.92 Å². The number of benzene rings is 1. The van der Waals surface area contributed by atoms with Crippen molar-refractivity contribution in [3.8, 4) is 0 Å². The molecule has 1 rings (SSSR count). The third-order valence-electron chi connectivity index (χ3n) is 3.95. The first-order valence-electron chi connectivity index (χ1n) is 8.43. The molecule has 0 aliphatic carbocycles. The van der Waals surface area contributed by atoms with Crippen molar-refractivity contribution in [3.63, 3.8) is 0 Å². The monoisotopic (exact) mass is 309 g/mol. The standard InChI is InChI=1S/C18H30O2S/c1-2-3-4-5-6-7-8-9-10-11-14-17-15-12-13-16-18(17)21(19)20/h12-13,15-16H,2-11,14H2,1H3,(H,19,20)/p-1. The summed E-state index contributed by atoms with van der Waals surface area (Å²) < 4.78 is 22.2. The molecule has 1 aromatic rings. The Morgan fingerprint density at radius 3 is 1.95 bits per heavy atom. The number of rotatable bonds is 12. The minimum atomic E-state index is -2.11. The summed E-state index contributed by atoms with van der Waals surface area (Å²) >= 11 is -2.11. The fourth-order valence-electron chi connectivity index (χ4n) is 2.68. The molecule has 0 N–H and O–H groups in total. The van der Waals surface area contributed by atoms with Gasteiger partial charge in [0.15, 0.2) is 0 Å². The van der Waals surface area contributed by atoms with E-state index in [4.69, 9.17) is 0 Å². The average molecular weight is 309 g/mol. The van der Waals surface area contributed by atoms with Gasteiger partial charge in [0.2, 0.25) is 0 Å². The maximum Gasteiger partial charge on any atom is 0.0280 e. The van der Waals surface area contributed by atoms with Crippen LogP contribution < -0.4 is 0 Å². The third kappa shape index (κ3) is 8.37. The summed E-state index contributed by atoms with van der Waals surface area (Å²) in [5, 5.41) is 0. The van der Waals surface area contributed by atoms with E-state index in [0.717, 1.165) is 18.4 Å². The number of unbranched alkanes of at least 4 members (excludes halogenated alkanes) is 9. The van der Waals surface area contributed by atoms with Crippen molar-refractivity contribution in [3.05, 3.63) is 29.8 Å². The van der Waals surface area contributed by atoms with Crippen molar-refractivity contribution in [1.29, 1.82) is 0 Å². The molecule has 120 valence electrons. The summed E-state index contributed by atoms with van der Waals surface area (Å²) in [7, 11) is 0. The molecule has 0 saturated heterocycles. The fraction of sp³-hybridized carbons (Fsp3) is 0.667. The van der Waals surface area contributed by atoms with Gasteiger partial charge in [0.1, 0.15) is 0 Å². The second kappa shape index (κ2) is 11.9. The van der Waals surface area contributed by atoms with E-state index >= 15 is 0 Å². The highest BCUT2D eigenvalue weighted by Crippen LogP contribution is 2.16. The SMILES string of the molecule is CCCCCCCCCCCCc1ccccc1S(=O)[O-]. The van der Waals surface area contributed by atoms with Crippen LogP contribution in [0.15, 0.2) is 29.2 Å². The van der Waals surface area contributed by atoms with Gasteiger partial charge >= 0.3 is 0 Å². The maximum absolute atomic E-state index is 11.1. The van der Waals surface area contributed by atoms with Crippen molar-refractivity contribution in [1.82, 2.24) is 0 Å². The molecular weight excluding hydrogens is 280 g/mol. The molecule has 0 amide bonds. The quantitative estimate of drug-likeness (QED) is 0.384. The van der Waals surface area contributed by atoms with E-state index in [-0.39, 0.29) is 0 Å².